The molecule has 0 bridgehead atoms. The summed E-state index contributed by atoms with van der Waals surface area (Å²) < 4.78 is 0. The zero-order valence-corrected chi connectivity index (χ0v) is 35.2. The highest BCUT2D eigenvalue weighted by Crippen LogP contribution is 2.47. The lowest BCUT2D eigenvalue weighted by Gasteiger charge is -2.35. The second-order valence-electron chi connectivity index (χ2n) is 16.0. The van der Waals surface area contributed by atoms with Crippen molar-refractivity contribution in [2.75, 3.05) is 0 Å². The Morgan fingerprint density at radius 1 is 0.475 bits per heavy atom. The first-order valence-corrected chi connectivity index (χ1v) is 21.5. The van der Waals surface area contributed by atoms with Crippen LogP contribution in [0.25, 0.3) is 72.0 Å². The maximum absolute atomic E-state index is 2.50. The predicted molar refractivity (Wildman–Crippen MR) is 269 cm³/mol. The van der Waals surface area contributed by atoms with Crippen LogP contribution in [-0.2, 0) is 5.41 Å². The lowest BCUT2D eigenvalue weighted by Crippen LogP contribution is -2.25. The van der Waals surface area contributed by atoms with Crippen LogP contribution in [0.3, 0.4) is 0 Å². The first-order valence-electron chi connectivity index (χ1n) is 21.5. The summed E-state index contributed by atoms with van der Waals surface area (Å²) in [5.41, 5.74) is 11.0. The van der Waals surface area contributed by atoms with Gasteiger partial charge in [0.1, 0.15) is 0 Å². The summed E-state index contributed by atoms with van der Waals surface area (Å²) in [5.74, 6) is 0. The van der Waals surface area contributed by atoms with Gasteiger partial charge in [-0.3, -0.25) is 0 Å². The summed E-state index contributed by atoms with van der Waals surface area (Å²) in [4.78, 5) is 0. The smallest absolute Gasteiger partial charge is 0.0215 e. The van der Waals surface area contributed by atoms with Crippen LogP contribution in [0.1, 0.15) is 60.6 Å². The van der Waals surface area contributed by atoms with Crippen molar-refractivity contribution in [1.29, 1.82) is 0 Å². The first-order chi connectivity index (χ1) is 30.1. The molecule has 294 valence electrons. The number of fused-ring (bicyclic) bond motifs is 4. The summed E-state index contributed by atoms with van der Waals surface area (Å²) >= 11 is 0. The quantitative estimate of drug-likeness (QED) is 0.0957. The molecule has 0 heterocycles. The molecule has 0 nitrogen and oxygen atoms in total. The third kappa shape index (κ3) is 7.70. The Hall–Kier alpha value is -7.28. The van der Waals surface area contributed by atoms with Gasteiger partial charge in [-0.15, -0.1) is 0 Å². The van der Waals surface area contributed by atoms with Crippen molar-refractivity contribution in [3.63, 3.8) is 0 Å². The third-order valence-corrected chi connectivity index (χ3v) is 12.4. The van der Waals surface area contributed by atoms with Crippen LogP contribution in [0.4, 0.5) is 0 Å². The number of rotatable bonds is 10. The minimum Gasteiger partial charge on any atom is -0.0833 e. The number of allylic oxidation sites excluding steroid dienone is 14. The Morgan fingerprint density at radius 3 is 1.54 bits per heavy atom. The molecule has 0 saturated carbocycles. The molecule has 1 unspecified atom stereocenters. The fourth-order valence-electron chi connectivity index (χ4n) is 9.29. The Morgan fingerprint density at radius 2 is 0.967 bits per heavy atom. The van der Waals surface area contributed by atoms with E-state index >= 15 is 0 Å². The lowest BCUT2D eigenvalue weighted by molar-refractivity contribution is 0.621. The predicted octanol–water partition coefficient (Wildman–Crippen LogP) is 16.9. The van der Waals surface area contributed by atoms with Crippen LogP contribution < -0.4 is 0 Å². The van der Waals surface area contributed by atoms with Crippen molar-refractivity contribution in [2.24, 2.45) is 0 Å². The van der Waals surface area contributed by atoms with E-state index in [-0.39, 0.29) is 5.41 Å². The van der Waals surface area contributed by atoms with Crippen LogP contribution in [0.5, 0.6) is 0 Å². The largest absolute Gasteiger partial charge is 0.0833 e. The molecule has 9 rings (SSSR count). The van der Waals surface area contributed by atoms with E-state index in [9.17, 15) is 0 Å². The van der Waals surface area contributed by atoms with Gasteiger partial charge in [0, 0.05) is 5.41 Å². The van der Waals surface area contributed by atoms with Crippen molar-refractivity contribution in [3.8, 4) is 0 Å². The van der Waals surface area contributed by atoms with E-state index in [0.29, 0.717) is 0 Å². The van der Waals surface area contributed by atoms with Crippen molar-refractivity contribution in [3.05, 3.63) is 258 Å². The Balaban J connectivity index is 1.19. The number of benzene rings is 8. The van der Waals surface area contributed by atoms with Gasteiger partial charge in [-0.25, -0.2) is 0 Å². The zero-order chi connectivity index (χ0) is 41.6. The van der Waals surface area contributed by atoms with Gasteiger partial charge in [-0.2, -0.15) is 0 Å². The summed E-state index contributed by atoms with van der Waals surface area (Å²) in [7, 11) is 0. The van der Waals surface area contributed by atoms with Gasteiger partial charge in [0.2, 0.25) is 0 Å². The van der Waals surface area contributed by atoms with Crippen molar-refractivity contribution in [2.45, 2.75) is 32.6 Å². The Kier molecular flexibility index (Phi) is 11.3. The van der Waals surface area contributed by atoms with Crippen LogP contribution in [0, 0.1) is 0 Å². The molecular weight excluding hydrogens is 733 g/mol. The maximum atomic E-state index is 2.50. The molecule has 0 aliphatic heterocycles. The van der Waals surface area contributed by atoms with Crippen molar-refractivity contribution >= 4 is 72.0 Å². The van der Waals surface area contributed by atoms with E-state index in [1.165, 1.54) is 93.2 Å². The average molecular weight is 783 g/mol. The van der Waals surface area contributed by atoms with Gasteiger partial charge in [0.05, 0.1) is 0 Å². The monoisotopic (exact) mass is 782 g/mol. The van der Waals surface area contributed by atoms with E-state index in [2.05, 4.69) is 257 Å². The molecule has 0 N–H and O–H groups in total. The first kappa shape index (κ1) is 39.2. The second-order valence-corrected chi connectivity index (χ2v) is 16.0. The van der Waals surface area contributed by atoms with Gasteiger partial charge >= 0.3 is 0 Å². The third-order valence-electron chi connectivity index (χ3n) is 12.4. The molecule has 1 aliphatic carbocycles. The van der Waals surface area contributed by atoms with Gasteiger partial charge in [-0.05, 0) is 120 Å². The second kappa shape index (κ2) is 17.5. The molecule has 1 atom stereocenters. The summed E-state index contributed by atoms with van der Waals surface area (Å²) in [6.45, 7) is 6.74. The topological polar surface area (TPSA) is 0 Å². The molecule has 0 fully saturated rings. The molecule has 0 aromatic heterocycles. The molecule has 0 heteroatoms. The van der Waals surface area contributed by atoms with E-state index in [0.717, 1.165) is 6.42 Å². The minimum absolute atomic E-state index is 0.212. The summed E-state index contributed by atoms with van der Waals surface area (Å²) in [5, 5.41) is 10.00. The van der Waals surface area contributed by atoms with Crippen LogP contribution in [-0.4, -0.2) is 0 Å². The zero-order valence-electron chi connectivity index (χ0n) is 35.2. The Labute approximate surface area is 360 Å². The standard InChI is InChI=1S/C61H50/c1-4-44(23-9-11-25-46-31-21-33-48-27-13-15-35-52(46)48)59-54-37-17-18-38-55(54)60(45(5-2)24-10-12-26-47-32-22-34-49-28-14-16-36-53(47)49)57-43-51(40-41-56(57)59)61(3)42-20-19-39-58(61)50-29-7-6-8-30-50/h4-41,43H,42H2,1-3H3/b23-9-,24-10-,25-11+,26-12+,44-4+,45-5+. The SMILES string of the molecule is C\C=C(/C=C\C=C\c1cccc2ccccc12)c1c2ccccc2c(C(/C=C\C=C\c2cccc3ccccc23)=C/C)c2cc(C3(C)CC=CC=C3c3ccccc3)ccc12. The summed E-state index contributed by atoms with van der Waals surface area (Å²) in [6, 6.07) is 57.3. The van der Waals surface area contributed by atoms with Crippen LogP contribution >= 0.6 is 0 Å². The normalized spacial score (nSPS) is 16.4. The fraction of sp³-hybridized carbons (Fsp3) is 0.0820. The molecule has 0 saturated heterocycles. The molecule has 0 spiro atoms. The van der Waals surface area contributed by atoms with Crippen molar-refractivity contribution in [1.82, 2.24) is 0 Å². The van der Waals surface area contributed by atoms with Gasteiger partial charge in [0.25, 0.3) is 0 Å². The highest BCUT2D eigenvalue weighted by Gasteiger charge is 2.33. The van der Waals surface area contributed by atoms with E-state index in [1.807, 2.05) is 0 Å². The number of hydrogen-bond acceptors (Lipinski definition) is 0. The van der Waals surface area contributed by atoms with Crippen LogP contribution in [0.15, 0.2) is 225 Å². The minimum atomic E-state index is -0.212. The van der Waals surface area contributed by atoms with E-state index in [4.69, 9.17) is 0 Å². The van der Waals surface area contributed by atoms with Gasteiger partial charge in [0.15, 0.2) is 0 Å². The molecule has 1 aliphatic rings. The lowest BCUT2D eigenvalue weighted by atomic mass is 9.68. The highest BCUT2D eigenvalue weighted by atomic mass is 14.4. The average Bonchev–Trinajstić information content (AvgIpc) is 3.31. The van der Waals surface area contributed by atoms with E-state index in [1.54, 1.807) is 0 Å². The van der Waals surface area contributed by atoms with Crippen molar-refractivity contribution < 1.29 is 0 Å². The molecule has 8 aromatic carbocycles. The molecular formula is C61H50. The van der Waals surface area contributed by atoms with Gasteiger partial charge < -0.3 is 0 Å². The van der Waals surface area contributed by atoms with Gasteiger partial charge in [-0.1, -0.05) is 238 Å². The maximum Gasteiger partial charge on any atom is 0.0215 e. The van der Waals surface area contributed by atoms with E-state index < -0.39 is 0 Å². The Bertz CT molecular complexity index is 3160. The molecule has 61 heavy (non-hydrogen) atoms. The molecule has 8 aromatic rings. The summed E-state index contributed by atoms with van der Waals surface area (Å²) in [6.07, 6.45) is 30.0. The molecule has 0 amide bonds. The highest BCUT2D eigenvalue weighted by molar-refractivity contribution is 6.18. The molecule has 0 radical (unpaired) electrons. The fourth-order valence-corrected chi connectivity index (χ4v) is 9.29. The number of hydrogen-bond donors (Lipinski definition) is 0. The van der Waals surface area contributed by atoms with Crippen LogP contribution in [0.2, 0.25) is 0 Å².